The van der Waals surface area contributed by atoms with Gasteiger partial charge in [0.15, 0.2) is 5.13 Å². The summed E-state index contributed by atoms with van der Waals surface area (Å²) in [6.45, 7) is 0. The van der Waals surface area contributed by atoms with Crippen molar-refractivity contribution in [2.24, 2.45) is 0 Å². The highest BCUT2D eigenvalue weighted by Crippen LogP contribution is 2.25. The van der Waals surface area contributed by atoms with Crippen molar-refractivity contribution in [1.82, 2.24) is 0 Å². The smallest absolute Gasteiger partial charge is 0.271 e. The number of nitrogens with one attached hydrogen (secondary N) is 1. The van der Waals surface area contributed by atoms with Gasteiger partial charge in [0.05, 0.1) is 10.7 Å². The van der Waals surface area contributed by atoms with Crippen molar-refractivity contribution in [3.8, 4) is 0 Å². The van der Waals surface area contributed by atoms with Crippen LogP contribution >= 0.6 is 22.9 Å². The molecule has 0 aliphatic rings. The Morgan fingerprint density at radius 1 is 1.17 bits per heavy atom. The molecule has 2 aromatic rings. The van der Waals surface area contributed by atoms with Gasteiger partial charge in [-0.05, 0) is 30.3 Å². The Balaban J connectivity index is 2.30. The van der Waals surface area contributed by atoms with Crippen LogP contribution in [-0.4, -0.2) is 8.42 Å². The van der Waals surface area contributed by atoms with Crippen LogP contribution in [0.25, 0.3) is 0 Å². The van der Waals surface area contributed by atoms with E-state index in [2.05, 4.69) is 4.72 Å². The summed E-state index contributed by atoms with van der Waals surface area (Å²) < 4.78 is 51.3. The first-order valence-electron chi connectivity index (χ1n) is 4.62. The second-order valence-electron chi connectivity index (χ2n) is 3.29. The highest BCUT2D eigenvalue weighted by Gasteiger charge is 2.17. The summed E-state index contributed by atoms with van der Waals surface area (Å²) in [5.74, 6) is -0.651. The molecule has 0 aliphatic carbocycles. The van der Waals surface area contributed by atoms with Crippen LogP contribution in [0.1, 0.15) is 0 Å². The average molecular weight is 310 g/mol. The lowest BCUT2D eigenvalue weighted by atomic mass is 10.3. The first kappa shape index (κ1) is 13.3. The second kappa shape index (κ2) is 4.83. The second-order valence-corrected chi connectivity index (χ2v) is 6.64. The zero-order valence-corrected chi connectivity index (χ0v) is 11.0. The van der Waals surface area contributed by atoms with Crippen molar-refractivity contribution in [2.75, 3.05) is 4.72 Å². The maximum atomic E-state index is 12.9. The predicted octanol–water partition coefficient (Wildman–Crippen LogP) is 3.48. The number of thiophene rings is 1. The first-order valence-corrected chi connectivity index (χ1v) is 7.29. The summed E-state index contributed by atoms with van der Waals surface area (Å²) in [4.78, 5) is 0. The summed E-state index contributed by atoms with van der Waals surface area (Å²) in [6.07, 6.45) is 0. The lowest BCUT2D eigenvalue weighted by Gasteiger charge is -2.06. The lowest BCUT2D eigenvalue weighted by molar-refractivity contribution is 0.603. The lowest BCUT2D eigenvalue weighted by Crippen LogP contribution is -2.11. The van der Waals surface area contributed by atoms with Crippen molar-refractivity contribution in [1.29, 1.82) is 0 Å². The fourth-order valence-electron chi connectivity index (χ4n) is 1.21. The van der Waals surface area contributed by atoms with Gasteiger partial charge in [-0.2, -0.15) is 4.39 Å². The van der Waals surface area contributed by atoms with Crippen LogP contribution in [0.3, 0.4) is 0 Å². The molecule has 2 rings (SSSR count). The Labute approximate surface area is 111 Å². The molecule has 1 aromatic heterocycles. The van der Waals surface area contributed by atoms with Crippen molar-refractivity contribution in [3.63, 3.8) is 0 Å². The minimum atomic E-state index is -3.87. The van der Waals surface area contributed by atoms with Gasteiger partial charge in [0.25, 0.3) is 10.0 Å². The molecule has 0 unspecified atom stereocenters. The highest BCUT2D eigenvalue weighted by atomic mass is 35.5. The monoisotopic (exact) mass is 309 g/mol. The minimum absolute atomic E-state index is 0.107. The number of hydrogen-bond donors (Lipinski definition) is 1. The molecule has 0 saturated heterocycles. The third-order valence-corrected chi connectivity index (χ3v) is 5.02. The van der Waals surface area contributed by atoms with Gasteiger partial charge >= 0.3 is 0 Å². The van der Waals surface area contributed by atoms with Gasteiger partial charge in [0.1, 0.15) is 10.0 Å². The Morgan fingerprint density at radius 2 is 1.89 bits per heavy atom. The predicted molar refractivity (Wildman–Crippen MR) is 66.5 cm³/mol. The summed E-state index contributed by atoms with van der Waals surface area (Å²) in [7, 11) is -3.87. The minimum Gasteiger partial charge on any atom is -0.279 e. The molecular formula is C10H6ClF2NO2S2. The van der Waals surface area contributed by atoms with E-state index in [0.717, 1.165) is 24.3 Å². The van der Waals surface area contributed by atoms with Crippen LogP contribution in [0.5, 0.6) is 0 Å². The molecule has 1 heterocycles. The first-order chi connectivity index (χ1) is 8.38. The molecule has 3 nitrogen and oxygen atoms in total. The molecule has 1 N–H and O–H groups in total. The number of sulfonamides is 1. The summed E-state index contributed by atoms with van der Waals surface area (Å²) >= 11 is 6.02. The van der Waals surface area contributed by atoms with Crippen molar-refractivity contribution < 1.29 is 17.2 Å². The quantitative estimate of drug-likeness (QED) is 0.943. The Hall–Kier alpha value is -1.18. The molecular weight excluding hydrogens is 304 g/mol. The van der Waals surface area contributed by atoms with Gasteiger partial charge in [0, 0.05) is 0 Å². The molecule has 0 amide bonds. The van der Waals surface area contributed by atoms with Gasteiger partial charge in [0.2, 0.25) is 0 Å². The summed E-state index contributed by atoms with van der Waals surface area (Å²) in [6, 6.07) is 5.60. The SMILES string of the molecule is O=S(=O)(Nc1ccc(F)c(Cl)c1)c1ccc(F)s1. The van der Waals surface area contributed by atoms with E-state index in [1.54, 1.807) is 0 Å². The molecule has 0 fully saturated rings. The maximum Gasteiger partial charge on any atom is 0.271 e. The number of hydrogen-bond acceptors (Lipinski definition) is 3. The molecule has 1 aromatic carbocycles. The molecule has 0 atom stereocenters. The Bertz CT molecular complexity index is 685. The van der Waals surface area contributed by atoms with E-state index < -0.39 is 21.0 Å². The molecule has 0 saturated carbocycles. The van der Waals surface area contributed by atoms with Crippen LogP contribution < -0.4 is 4.72 Å². The fourth-order valence-corrected chi connectivity index (χ4v) is 3.44. The van der Waals surface area contributed by atoms with E-state index >= 15 is 0 Å². The fraction of sp³-hybridized carbons (Fsp3) is 0. The number of benzene rings is 1. The summed E-state index contributed by atoms with van der Waals surface area (Å²) in [5, 5.41) is -0.805. The molecule has 0 bridgehead atoms. The standard InChI is InChI=1S/C10H6ClF2NO2S2/c11-7-5-6(1-2-8(7)12)14-18(15,16)10-4-3-9(13)17-10/h1-5,14H. The van der Waals surface area contributed by atoms with Gasteiger partial charge < -0.3 is 0 Å². The molecule has 18 heavy (non-hydrogen) atoms. The maximum absolute atomic E-state index is 12.9. The van der Waals surface area contributed by atoms with Gasteiger partial charge in [-0.1, -0.05) is 22.9 Å². The van der Waals surface area contributed by atoms with Crippen LogP contribution in [0.2, 0.25) is 5.02 Å². The molecule has 0 radical (unpaired) electrons. The van der Waals surface area contributed by atoms with E-state index in [1.165, 1.54) is 6.07 Å². The van der Waals surface area contributed by atoms with E-state index in [0.29, 0.717) is 11.3 Å². The van der Waals surface area contributed by atoms with E-state index in [9.17, 15) is 17.2 Å². The van der Waals surface area contributed by atoms with Crippen molar-refractivity contribution in [3.05, 3.63) is 46.3 Å². The normalized spacial score (nSPS) is 11.5. The van der Waals surface area contributed by atoms with Crippen molar-refractivity contribution in [2.45, 2.75) is 4.21 Å². The highest BCUT2D eigenvalue weighted by molar-refractivity contribution is 7.94. The molecule has 8 heteroatoms. The molecule has 0 aliphatic heterocycles. The van der Waals surface area contributed by atoms with Gasteiger partial charge in [-0.25, -0.2) is 12.8 Å². The zero-order chi connectivity index (χ0) is 13.3. The average Bonchev–Trinajstić information content (AvgIpc) is 2.71. The number of halogens is 3. The van der Waals surface area contributed by atoms with Gasteiger partial charge in [-0.3, -0.25) is 4.72 Å². The van der Waals surface area contributed by atoms with E-state index in [4.69, 9.17) is 11.6 Å². The van der Waals surface area contributed by atoms with Crippen LogP contribution in [-0.2, 0) is 10.0 Å². The summed E-state index contributed by atoms with van der Waals surface area (Å²) in [5.41, 5.74) is 0.107. The van der Waals surface area contributed by atoms with E-state index in [1.807, 2.05) is 0 Å². The largest absolute Gasteiger partial charge is 0.279 e. The van der Waals surface area contributed by atoms with Crippen LogP contribution in [0, 0.1) is 10.9 Å². The van der Waals surface area contributed by atoms with Gasteiger partial charge in [-0.15, -0.1) is 0 Å². The topological polar surface area (TPSA) is 46.2 Å². The Morgan fingerprint density at radius 3 is 2.44 bits per heavy atom. The van der Waals surface area contributed by atoms with Crippen LogP contribution in [0.15, 0.2) is 34.5 Å². The van der Waals surface area contributed by atoms with E-state index in [-0.39, 0.29) is 14.9 Å². The molecule has 96 valence electrons. The van der Waals surface area contributed by atoms with Crippen molar-refractivity contribution >= 4 is 38.6 Å². The zero-order valence-electron chi connectivity index (χ0n) is 8.65. The Kier molecular flexibility index (Phi) is 3.56. The third kappa shape index (κ3) is 2.80. The van der Waals surface area contributed by atoms with Crippen LogP contribution in [0.4, 0.5) is 14.5 Å². The molecule has 0 spiro atoms. The third-order valence-electron chi connectivity index (χ3n) is 1.99. The number of anilines is 1. The number of rotatable bonds is 3.